The largest absolute Gasteiger partial charge is 0.492 e. The summed E-state index contributed by atoms with van der Waals surface area (Å²) in [5.74, 6) is 0.964. The molecule has 0 amide bonds. The van der Waals surface area contributed by atoms with Crippen molar-refractivity contribution in [3.63, 3.8) is 0 Å². The van der Waals surface area contributed by atoms with Crippen molar-refractivity contribution >= 4 is 24.8 Å². The van der Waals surface area contributed by atoms with Crippen molar-refractivity contribution in [1.29, 1.82) is 0 Å². The van der Waals surface area contributed by atoms with E-state index in [1.54, 1.807) is 0 Å². The van der Waals surface area contributed by atoms with Crippen molar-refractivity contribution in [3.05, 3.63) is 29.8 Å². The second-order valence-electron chi connectivity index (χ2n) is 5.56. The van der Waals surface area contributed by atoms with Gasteiger partial charge in [-0.3, -0.25) is 4.90 Å². The molecule has 1 aromatic carbocycles. The molecule has 0 bridgehead atoms. The molecule has 0 aliphatic carbocycles. The van der Waals surface area contributed by atoms with Crippen LogP contribution in [0, 0.1) is 6.92 Å². The quantitative estimate of drug-likeness (QED) is 0.815. The molecule has 1 aromatic rings. The summed E-state index contributed by atoms with van der Waals surface area (Å²) in [6.07, 6.45) is 0. The molecule has 1 heterocycles. The third kappa shape index (κ3) is 8.20. The van der Waals surface area contributed by atoms with Crippen LogP contribution in [0.25, 0.3) is 0 Å². The van der Waals surface area contributed by atoms with Crippen LogP contribution in [0.1, 0.15) is 5.56 Å². The minimum absolute atomic E-state index is 0. The number of aryl methyl sites for hydroxylation is 1. The zero-order chi connectivity index (χ0) is 14.2. The highest BCUT2D eigenvalue weighted by Gasteiger charge is 2.09. The summed E-state index contributed by atoms with van der Waals surface area (Å²) in [6.45, 7) is 10.7. The maximum atomic E-state index is 5.76. The molecule has 128 valence electrons. The van der Waals surface area contributed by atoms with Gasteiger partial charge in [-0.1, -0.05) is 17.7 Å². The number of halogens is 2. The van der Waals surface area contributed by atoms with Gasteiger partial charge in [0.05, 0.1) is 0 Å². The van der Waals surface area contributed by atoms with Crippen molar-refractivity contribution in [2.75, 3.05) is 59.5 Å². The van der Waals surface area contributed by atoms with Crippen LogP contribution in [0.4, 0.5) is 0 Å². The number of likely N-dealkylation sites (N-methyl/N-ethyl adjacent to an activating group) is 1. The zero-order valence-electron chi connectivity index (χ0n) is 13.6. The van der Waals surface area contributed by atoms with E-state index in [0.717, 1.165) is 45.1 Å². The number of hydrogen-bond acceptors (Lipinski definition) is 4. The molecule has 1 N–H and O–H groups in total. The highest BCUT2D eigenvalue weighted by atomic mass is 35.5. The molecular weight excluding hydrogens is 321 g/mol. The van der Waals surface area contributed by atoms with E-state index < -0.39 is 0 Å². The third-order valence-electron chi connectivity index (χ3n) is 3.77. The van der Waals surface area contributed by atoms with Gasteiger partial charge in [0.25, 0.3) is 0 Å². The minimum atomic E-state index is 0. The number of nitrogens with one attached hydrogen (secondary N) is 1. The number of nitrogens with zero attached hydrogens (tertiary/aromatic N) is 2. The van der Waals surface area contributed by atoms with Crippen molar-refractivity contribution in [2.24, 2.45) is 0 Å². The highest BCUT2D eigenvalue weighted by Crippen LogP contribution is 2.11. The molecule has 1 aliphatic heterocycles. The van der Waals surface area contributed by atoms with Crippen LogP contribution >= 0.6 is 24.8 Å². The third-order valence-corrected chi connectivity index (χ3v) is 3.77. The fourth-order valence-electron chi connectivity index (χ4n) is 2.31. The fourth-order valence-corrected chi connectivity index (χ4v) is 2.31. The molecule has 0 radical (unpaired) electrons. The highest BCUT2D eigenvalue weighted by molar-refractivity contribution is 5.85. The average molecular weight is 350 g/mol. The van der Waals surface area contributed by atoms with Crippen LogP contribution in [0.15, 0.2) is 24.3 Å². The summed E-state index contributed by atoms with van der Waals surface area (Å²) < 4.78 is 5.76. The number of benzene rings is 1. The van der Waals surface area contributed by atoms with E-state index in [1.807, 2.05) is 12.1 Å². The van der Waals surface area contributed by atoms with Gasteiger partial charge in [-0.05, 0) is 26.1 Å². The van der Waals surface area contributed by atoms with E-state index in [0.29, 0.717) is 0 Å². The lowest BCUT2D eigenvalue weighted by molar-refractivity contribution is 0.187. The van der Waals surface area contributed by atoms with E-state index in [2.05, 4.69) is 41.2 Å². The molecule has 1 aliphatic rings. The average Bonchev–Trinajstić information content (AvgIpc) is 2.48. The van der Waals surface area contributed by atoms with Crippen LogP contribution in [0.2, 0.25) is 0 Å². The van der Waals surface area contributed by atoms with Crippen LogP contribution in [-0.4, -0.2) is 69.3 Å². The molecular formula is C16H29Cl2N3O. The first-order chi connectivity index (χ1) is 9.74. The molecule has 0 saturated carbocycles. The summed E-state index contributed by atoms with van der Waals surface area (Å²) in [6, 6.07) is 8.25. The Kier molecular flexibility index (Phi) is 11.7. The Morgan fingerprint density at radius 2 is 1.73 bits per heavy atom. The summed E-state index contributed by atoms with van der Waals surface area (Å²) in [4.78, 5) is 4.87. The SMILES string of the molecule is Cc1ccc(OCCN(C)CCN2CCNCC2)cc1.Cl.Cl. The van der Waals surface area contributed by atoms with Gasteiger partial charge in [0.1, 0.15) is 12.4 Å². The van der Waals surface area contributed by atoms with Crippen LogP contribution in [-0.2, 0) is 0 Å². The van der Waals surface area contributed by atoms with Crippen molar-refractivity contribution in [3.8, 4) is 5.75 Å². The lowest BCUT2D eigenvalue weighted by Gasteiger charge is -2.29. The summed E-state index contributed by atoms with van der Waals surface area (Å²) in [7, 11) is 2.17. The molecule has 0 atom stereocenters. The molecule has 1 saturated heterocycles. The van der Waals surface area contributed by atoms with E-state index in [9.17, 15) is 0 Å². The zero-order valence-corrected chi connectivity index (χ0v) is 15.2. The van der Waals surface area contributed by atoms with Gasteiger partial charge in [0.2, 0.25) is 0 Å². The molecule has 6 heteroatoms. The minimum Gasteiger partial charge on any atom is -0.492 e. The Balaban J connectivity index is 0.00000220. The molecule has 22 heavy (non-hydrogen) atoms. The van der Waals surface area contributed by atoms with E-state index in [-0.39, 0.29) is 24.8 Å². The van der Waals surface area contributed by atoms with Crippen LogP contribution in [0.5, 0.6) is 5.75 Å². The van der Waals surface area contributed by atoms with Gasteiger partial charge >= 0.3 is 0 Å². The standard InChI is InChI=1S/C16H27N3O.2ClH/c1-15-3-5-16(6-4-15)20-14-13-18(2)11-12-19-9-7-17-8-10-19;;/h3-6,17H,7-14H2,1-2H3;2*1H. The second kappa shape index (κ2) is 12.0. The summed E-state index contributed by atoms with van der Waals surface area (Å²) in [5, 5.41) is 3.38. The number of hydrogen-bond donors (Lipinski definition) is 1. The lowest BCUT2D eigenvalue weighted by Crippen LogP contribution is -2.46. The molecule has 4 nitrogen and oxygen atoms in total. The predicted octanol–water partition coefficient (Wildman–Crippen LogP) is 2.05. The predicted molar refractivity (Wildman–Crippen MR) is 98.0 cm³/mol. The smallest absolute Gasteiger partial charge is 0.119 e. The first-order valence-electron chi connectivity index (χ1n) is 7.55. The van der Waals surface area contributed by atoms with E-state index in [4.69, 9.17) is 4.74 Å². The van der Waals surface area contributed by atoms with Gasteiger partial charge in [-0.2, -0.15) is 0 Å². The van der Waals surface area contributed by atoms with Crippen LogP contribution < -0.4 is 10.1 Å². The van der Waals surface area contributed by atoms with Gasteiger partial charge in [0, 0.05) is 45.8 Å². The van der Waals surface area contributed by atoms with E-state index in [1.165, 1.54) is 18.7 Å². The Bertz CT molecular complexity index is 383. The van der Waals surface area contributed by atoms with Crippen LogP contribution in [0.3, 0.4) is 0 Å². The number of ether oxygens (including phenoxy) is 1. The van der Waals surface area contributed by atoms with Gasteiger partial charge in [-0.25, -0.2) is 0 Å². The maximum Gasteiger partial charge on any atom is 0.119 e. The number of rotatable bonds is 7. The number of piperazine rings is 1. The normalized spacial score (nSPS) is 15.0. The van der Waals surface area contributed by atoms with Gasteiger partial charge in [0.15, 0.2) is 0 Å². The van der Waals surface area contributed by atoms with Crippen molar-refractivity contribution < 1.29 is 4.74 Å². The summed E-state index contributed by atoms with van der Waals surface area (Å²) >= 11 is 0. The Morgan fingerprint density at radius 1 is 1.09 bits per heavy atom. The Labute approximate surface area is 147 Å². The second-order valence-corrected chi connectivity index (χ2v) is 5.56. The molecule has 0 unspecified atom stereocenters. The topological polar surface area (TPSA) is 27.7 Å². The lowest BCUT2D eigenvalue weighted by atomic mass is 10.2. The molecule has 0 spiro atoms. The summed E-state index contributed by atoms with van der Waals surface area (Å²) in [5.41, 5.74) is 1.27. The fraction of sp³-hybridized carbons (Fsp3) is 0.625. The van der Waals surface area contributed by atoms with Crippen molar-refractivity contribution in [2.45, 2.75) is 6.92 Å². The first kappa shape index (κ1) is 21.5. The molecule has 1 fully saturated rings. The Morgan fingerprint density at radius 3 is 2.36 bits per heavy atom. The molecule has 2 rings (SSSR count). The molecule has 0 aromatic heterocycles. The van der Waals surface area contributed by atoms with Crippen molar-refractivity contribution in [1.82, 2.24) is 15.1 Å². The van der Waals surface area contributed by atoms with E-state index >= 15 is 0 Å². The van der Waals surface area contributed by atoms with Gasteiger partial charge in [-0.15, -0.1) is 24.8 Å². The first-order valence-corrected chi connectivity index (χ1v) is 7.55. The maximum absolute atomic E-state index is 5.76. The monoisotopic (exact) mass is 349 g/mol. The Hall–Kier alpha value is -0.520. The van der Waals surface area contributed by atoms with Gasteiger partial charge < -0.3 is 15.0 Å².